The molecule has 4 nitrogen and oxygen atoms in total. The second-order valence-corrected chi connectivity index (χ2v) is 7.66. The largest absolute Gasteiger partial charge is 0.354 e. The van der Waals surface area contributed by atoms with Gasteiger partial charge in [0.25, 0.3) is 0 Å². The number of hydrogen-bond donors (Lipinski definition) is 2. The standard InChI is InChI=1S/C17H33N3O.2ClH/c1-13-6-5-9-17(11-13,20(2)3)12-19-16(21)10-14-7-4-8-15(14)18;;/h13-15H,4-12,18H2,1-3H3,(H,19,21);2*1H/t13?,14-,15+,17?;;/m0../s1. The Balaban J connectivity index is 0.00000242. The minimum absolute atomic E-state index is 0. The SMILES string of the molecule is CC1CCCC(CNC(=O)C[C@@H]2CCC[C@H]2N)(N(C)C)C1.Cl.Cl. The smallest absolute Gasteiger partial charge is 0.220 e. The number of nitrogens with one attached hydrogen (secondary N) is 1. The number of rotatable bonds is 5. The highest BCUT2D eigenvalue weighted by Crippen LogP contribution is 2.35. The lowest BCUT2D eigenvalue weighted by atomic mass is 9.75. The van der Waals surface area contributed by atoms with E-state index in [4.69, 9.17) is 5.73 Å². The zero-order valence-electron chi connectivity index (χ0n) is 14.8. The molecule has 6 heteroatoms. The van der Waals surface area contributed by atoms with Gasteiger partial charge in [0.15, 0.2) is 0 Å². The van der Waals surface area contributed by atoms with Crippen LogP contribution in [0.15, 0.2) is 0 Å². The van der Waals surface area contributed by atoms with E-state index in [1.54, 1.807) is 0 Å². The second-order valence-electron chi connectivity index (χ2n) is 7.66. The topological polar surface area (TPSA) is 58.4 Å². The maximum absolute atomic E-state index is 12.2. The van der Waals surface area contributed by atoms with E-state index in [1.165, 1.54) is 32.1 Å². The Morgan fingerprint density at radius 1 is 1.22 bits per heavy atom. The van der Waals surface area contributed by atoms with Gasteiger partial charge in [0.05, 0.1) is 0 Å². The third-order valence-corrected chi connectivity index (χ3v) is 5.80. The molecule has 2 saturated carbocycles. The maximum Gasteiger partial charge on any atom is 0.220 e. The number of likely N-dealkylation sites (N-methyl/N-ethyl adjacent to an activating group) is 1. The number of nitrogens with zero attached hydrogens (tertiary/aromatic N) is 1. The molecule has 4 atom stereocenters. The zero-order chi connectivity index (χ0) is 15.5. The van der Waals surface area contributed by atoms with E-state index in [2.05, 4.69) is 31.2 Å². The molecule has 2 aliphatic rings. The molecule has 0 bridgehead atoms. The summed E-state index contributed by atoms with van der Waals surface area (Å²) < 4.78 is 0. The van der Waals surface area contributed by atoms with Crippen LogP contribution in [0.25, 0.3) is 0 Å². The fourth-order valence-corrected chi connectivity index (χ4v) is 4.25. The Bertz CT molecular complexity index is 368. The van der Waals surface area contributed by atoms with Crippen molar-refractivity contribution in [3.8, 4) is 0 Å². The minimum atomic E-state index is 0. The van der Waals surface area contributed by atoms with Crippen molar-refractivity contribution in [2.75, 3.05) is 20.6 Å². The number of hydrogen-bond acceptors (Lipinski definition) is 3. The maximum atomic E-state index is 12.2. The van der Waals surface area contributed by atoms with Crippen LogP contribution in [0.1, 0.15) is 58.3 Å². The molecule has 0 saturated heterocycles. The van der Waals surface area contributed by atoms with Crippen LogP contribution in [-0.4, -0.2) is 43.0 Å². The van der Waals surface area contributed by atoms with Crippen molar-refractivity contribution in [2.45, 2.75) is 69.9 Å². The first kappa shape index (κ1) is 23.0. The summed E-state index contributed by atoms with van der Waals surface area (Å²) in [6.07, 6.45) is 8.94. The fraction of sp³-hybridized carbons (Fsp3) is 0.941. The van der Waals surface area contributed by atoms with E-state index in [-0.39, 0.29) is 42.3 Å². The van der Waals surface area contributed by atoms with Gasteiger partial charge in [-0.1, -0.05) is 26.2 Å². The molecule has 0 radical (unpaired) electrons. The Morgan fingerprint density at radius 3 is 2.43 bits per heavy atom. The van der Waals surface area contributed by atoms with Crippen molar-refractivity contribution in [3.63, 3.8) is 0 Å². The van der Waals surface area contributed by atoms with Crippen molar-refractivity contribution in [3.05, 3.63) is 0 Å². The van der Waals surface area contributed by atoms with Gasteiger partial charge in [0.1, 0.15) is 0 Å². The average molecular weight is 368 g/mol. The monoisotopic (exact) mass is 367 g/mol. The number of carbonyl (C=O) groups is 1. The summed E-state index contributed by atoms with van der Waals surface area (Å²) in [5, 5.41) is 3.21. The van der Waals surface area contributed by atoms with E-state index in [0.717, 1.165) is 25.3 Å². The van der Waals surface area contributed by atoms with Gasteiger partial charge in [-0.2, -0.15) is 0 Å². The first-order valence-corrected chi connectivity index (χ1v) is 8.63. The Morgan fingerprint density at radius 2 is 1.91 bits per heavy atom. The van der Waals surface area contributed by atoms with E-state index in [1.807, 2.05) is 0 Å². The third kappa shape index (κ3) is 6.08. The molecule has 2 rings (SSSR count). The molecule has 2 aliphatic carbocycles. The molecule has 138 valence electrons. The number of amides is 1. The average Bonchev–Trinajstić information content (AvgIpc) is 2.82. The number of nitrogens with two attached hydrogens (primary N) is 1. The fourth-order valence-electron chi connectivity index (χ4n) is 4.25. The van der Waals surface area contributed by atoms with Crippen molar-refractivity contribution >= 4 is 30.7 Å². The van der Waals surface area contributed by atoms with Crippen LogP contribution >= 0.6 is 24.8 Å². The van der Waals surface area contributed by atoms with E-state index >= 15 is 0 Å². The normalized spacial score (nSPS) is 33.7. The number of carbonyl (C=O) groups excluding carboxylic acids is 1. The van der Waals surface area contributed by atoms with Gasteiger partial charge in [0, 0.05) is 24.5 Å². The molecular weight excluding hydrogens is 333 g/mol. The highest BCUT2D eigenvalue weighted by atomic mass is 35.5. The van der Waals surface area contributed by atoms with Gasteiger partial charge < -0.3 is 16.0 Å². The molecule has 1 amide bonds. The molecule has 2 unspecified atom stereocenters. The van der Waals surface area contributed by atoms with Crippen LogP contribution in [-0.2, 0) is 4.79 Å². The lowest BCUT2D eigenvalue weighted by molar-refractivity contribution is -0.122. The highest BCUT2D eigenvalue weighted by Gasteiger charge is 2.37. The molecule has 2 fully saturated rings. The van der Waals surface area contributed by atoms with E-state index in [0.29, 0.717) is 12.3 Å². The van der Waals surface area contributed by atoms with Gasteiger partial charge >= 0.3 is 0 Å². The molecule has 0 aliphatic heterocycles. The lowest BCUT2D eigenvalue weighted by Crippen LogP contribution is -2.55. The Kier molecular flexibility index (Phi) is 10.1. The van der Waals surface area contributed by atoms with Crippen molar-refractivity contribution < 1.29 is 4.79 Å². The van der Waals surface area contributed by atoms with Crippen LogP contribution < -0.4 is 11.1 Å². The van der Waals surface area contributed by atoms with Gasteiger partial charge in [-0.15, -0.1) is 24.8 Å². The van der Waals surface area contributed by atoms with Crippen LogP contribution in [0, 0.1) is 11.8 Å². The highest BCUT2D eigenvalue weighted by molar-refractivity contribution is 5.85. The predicted molar refractivity (Wildman–Crippen MR) is 101 cm³/mol. The molecule has 3 N–H and O–H groups in total. The van der Waals surface area contributed by atoms with Gasteiger partial charge in [-0.05, 0) is 51.6 Å². The summed E-state index contributed by atoms with van der Waals surface area (Å²) >= 11 is 0. The van der Waals surface area contributed by atoms with Crippen molar-refractivity contribution in [2.24, 2.45) is 17.6 Å². The Labute approximate surface area is 154 Å². The van der Waals surface area contributed by atoms with E-state index < -0.39 is 0 Å². The summed E-state index contributed by atoms with van der Waals surface area (Å²) in [6, 6.07) is 0.230. The van der Waals surface area contributed by atoms with Crippen molar-refractivity contribution in [1.29, 1.82) is 0 Å². The zero-order valence-corrected chi connectivity index (χ0v) is 16.5. The van der Waals surface area contributed by atoms with Crippen molar-refractivity contribution in [1.82, 2.24) is 10.2 Å². The van der Waals surface area contributed by atoms with Gasteiger partial charge in [-0.25, -0.2) is 0 Å². The molecule has 0 aromatic heterocycles. The Hall–Kier alpha value is -0.0300. The van der Waals surface area contributed by atoms with Gasteiger partial charge in [0.2, 0.25) is 5.91 Å². The van der Waals surface area contributed by atoms with Gasteiger partial charge in [-0.3, -0.25) is 4.79 Å². The molecule has 0 aromatic rings. The summed E-state index contributed by atoms with van der Waals surface area (Å²) in [4.78, 5) is 14.6. The summed E-state index contributed by atoms with van der Waals surface area (Å²) in [6.45, 7) is 3.11. The molecule has 23 heavy (non-hydrogen) atoms. The summed E-state index contributed by atoms with van der Waals surface area (Å²) in [5.74, 6) is 1.34. The molecule has 0 heterocycles. The van der Waals surface area contributed by atoms with Crippen LogP contribution in [0.4, 0.5) is 0 Å². The molecule has 0 spiro atoms. The first-order chi connectivity index (χ1) is 9.93. The summed E-state index contributed by atoms with van der Waals surface area (Å²) in [5.41, 5.74) is 6.21. The third-order valence-electron chi connectivity index (χ3n) is 5.80. The van der Waals surface area contributed by atoms with Crippen LogP contribution in [0.3, 0.4) is 0 Å². The predicted octanol–water partition coefficient (Wildman–Crippen LogP) is 2.97. The van der Waals surface area contributed by atoms with E-state index in [9.17, 15) is 4.79 Å². The molecule has 0 aromatic carbocycles. The lowest BCUT2D eigenvalue weighted by Gasteiger charge is -2.45. The summed E-state index contributed by atoms with van der Waals surface area (Å²) in [7, 11) is 4.30. The number of halogens is 2. The molecular formula is C17H35Cl2N3O. The van der Waals surface area contributed by atoms with Crippen LogP contribution in [0.2, 0.25) is 0 Å². The second kappa shape index (κ2) is 10.1. The minimum Gasteiger partial charge on any atom is -0.354 e. The van der Waals surface area contributed by atoms with Crippen LogP contribution in [0.5, 0.6) is 0 Å². The first-order valence-electron chi connectivity index (χ1n) is 8.63. The quantitative estimate of drug-likeness (QED) is 0.784.